The van der Waals surface area contributed by atoms with E-state index in [0.717, 1.165) is 45.8 Å². The summed E-state index contributed by atoms with van der Waals surface area (Å²) < 4.78 is 5.50. The third kappa shape index (κ3) is 6.56. The molecule has 0 fully saturated rings. The van der Waals surface area contributed by atoms with E-state index in [4.69, 9.17) is 21.3 Å². The van der Waals surface area contributed by atoms with Crippen molar-refractivity contribution in [2.24, 2.45) is 5.41 Å². The highest BCUT2D eigenvalue weighted by Gasteiger charge is 2.41. The summed E-state index contributed by atoms with van der Waals surface area (Å²) in [6.45, 7) is 12.3. The molecule has 2 amide bonds. The predicted octanol–water partition coefficient (Wildman–Crippen LogP) is 5.52. The van der Waals surface area contributed by atoms with Crippen molar-refractivity contribution in [2.45, 2.75) is 71.8 Å². The molecule has 3 atom stereocenters. The average molecular weight is 541 g/mol. The van der Waals surface area contributed by atoms with Gasteiger partial charge in [0.05, 0.1) is 23.1 Å². The molecule has 0 saturated carbocycles. The van der Waals surface area contributed by atoms with E-state index in [1.54, 1.807) is 7.11 Å². The number of benzene rings is 2. The molecule has 8 heteroatoms. The van der Waals surface area contributed by atoms with Gasteiger partial charge < -0.3 is 20.4 Å². The van der Waals surface area contributed by atoms with Crippen LogP contribution >= 0.6 is 11.6 Å². The van der Waals surface area contributed by atoms with Crippen molar-refractivity contribution in [2.75, 3.05) is 20.3 Å². The van der Waals surface area contributed by atoms with Crippen molar-refractivity contribution < 1.29 is 14.3 Å². The zero-order valence-corrected chi connectivity index (χ0v) is 24.3. The first-order valence-corrected chi connectivity index (χ1v) is 13.6. The number of aromatic nitrogens is 2. The Morgan fingerprint density at radius 2 is 1.82 bits per heavy atom. The number of aromatic amines is 1. The van der Waals surface area contributed by atoms with Crippen LogP contribution in [0.15, 0.2) is 42.5 Å². The van der Waals surface area contributed by atoms with Crippen molar-refractivity contribution in [1.82, 2.24) is 20.6 Å². The molecule has 0 aliphatic heterocycles. The molecule has 7 nitrogen and oxygen atoms in total. The number of methoxy groups -OCH3 is 1. The van der Waals surface area contributed by atoms with Gasteiger partial charge in [-0.05, 0) is 60.9 Å². The van der Waals surface area contributed by atoms with Gasteiger partial charge in [-0.25, -0.2) is 4.98 Å². The summed E-state index contributed by atoms with van der Waals surface area (Å²) in [7, 11) is 1.57. The summed E-state index contributed by atoms with van der Waals surface area (Å²) in [5, 5.41) is 6.61. The van der Waals surface area contributed by atoms with Crippen LogP contribution in [-0.2, 0) is 26.2 Å². The van der Waals surface area contributed by atoms with E-state index in [0.29, 0.717) is 6.54 Å². The molecule has 38 heavy (non-hydrogen) atoms. The van der Waals surface area contributed by atoms with Crippen molar-refractivity contribution in [3.63, 3.8) is 0 Å². The maximum Gasteiger partial charge on any atom is 0.243 e. The third-order valence-corrected chi connectivity index (χ3v) is 7.48. The first-order chi connectivity index (χ1) is 17.9. The van der Waals surface area contributed by atoms with Gasteiger partial charge in [-0.2, -0.15) is 0 Å². The molecular weight excluding hydrogens is 500 g/mol. The van der Waals surface area contributed by atoms with Crippen LogP contribution in [0.25, 0.3) is 11.0 Å². The minimum atomic E-state index is -1.02. The largest absolute Gasteiger partial charge is 0.383 e. The van der Waals surface area contributed by atoms with Gasteiger partial charge in [0, 0.05) is 25.1 Å². The smallest absolute Gasteiger partial charge is 0.243 e. The van der Waals surface area contributed by atoms with Crippen LogP contribution in [0.5, 0.6) is 0 Å². The Bertz CT molecular complexity index is 1270. The van der Waals surface area contributed by atoms with Gasteiger partial charge in [-0.1, -0.05) is 63.6 Å². The van der Waals surface area contributed by atoms with Crippen molar-refractivity contribution in [3.05, 3.63) is 64.4 Å². The lowest BCUT2D eigenvalue weighted by molar-refractivity contribution is -0.135. The van der Waals surface area contributed by atoms with Gasteiger partial charge in [0.1, 0.15) is 11.9 Å². The topological polar surface area (TPSA) is 96.1 Å². The van der Waals surface area contributed by atoms with Crippen LogP contribution in [0.4, 0.5) is 0 Å². The number of H-pyrrole nitrogens is 1. The minimum Gasteiger partial charge on any atom is -0.383 e. The molecule has 3 aromatic rings. The Balaban J connectivity index is 1.92. The van der Waals surface area contributed by atoms with E-state index in [-0.39, 0.29) is 24.3 Å². The van der Waals surface area contributed by atoms with E-state index in [1.165, 1.54) is 0 Å². The fourth-order valence-electron chi connectivity index (χ4n) is 4.83. The number of nitrogens with zero attached hydrogens (tertiary/aromatic N) is 1. The van der Waals surface area contributed by atoms with Gasteiger partial charge in [0.25, 0.3) is 0 Å². The number of carbonyl (C=O) groups excluding carboxylic acids is 2. The molecule has 3 N–H and O–H groups in total. The summed E-state index contributed by atoms with van der Waals surface area (Å²) >= 11 is 6.47. The number of imidazole rings is 1. The quantitative estimate of drug-likeness (QED) is 0.298. The maximum absolute atomic E-state index is 13.7. The first-order valence-electron chi connectivity index (χ1n) is 13.3. The number of fused-ring (bicyclic) bond motifs is 1. The van der Waals surface area contributed by atoms with Gasteiger partial charge in [0.2, 0.25) is 11.8 Å². The van der Waals surface area contributed by atoms with Crippen molar-refractivity contribution in [1.29, 1.82) is 0 Å². The Morgan fingerprint density at radius 1 is 1.11 bits per heavy atom. The predicted molar refractivity (Wildman–Crippen MR) is 154 cm³/mol. The molecular formula is C30H41ClN4O3. The number of amides is 2. The van der Waals surface area contributed by atoms with Crippen LogP contribution in [0.3, 0.4) is 0 Å². The lowest BCUT2D eigenvalue weighted by Crippen LogP contribution is -2.58. The van der Waals surface area contributed by atoms with Crippen LogP contribution in [0.1, 0.15) is 70.8 Å². The van der Waals surface area contributed by atoms with E-state index in [1.807, 2.05) is 71.0 Å². The SMILES string of the molecule is CCNC(=O)[C@H](NC(=O)C(C)(COC)c1ccc2nc(CC(CC)c3ccccc3Cl)[nH]c2c1)C(C)(C)C. The molecule has 2 unspecified atom stereocenters. The third-order valence-electron chi connectivity index (χ3n) is 7.13. The second-order valence-corrected chi connectivity index (χ2v) is 11.6. The Labute approximate surface area is 231 Å². The standard InChI is InChI=1S/C30H41ClN4O3/c1-8-19(21-12-10-11-13-22(21)31)16-25-33-23-15-14-20(17-24(23)34-25)30(6,18-38-7)28(37)35-26(29(3,4)5)27(36)32-9-2/h10-15,17,19,26H,8-9,16,18H2,1-7H3,(H,32,36)(H,33,34)(H,35,37)/t19?,26-,30?/m0/s1. The summed E-state index contributed by atoms with van der Waals surface area (Å²) in [5.41, 5.74) is 2.07. The molecule has 2 aromatic carbocycles. The zero-order chi connectivity index (χ0) is 28.1. The normalized spacial score (nSPS) is 15.1. The number of carbonyl (C=O) groups is 2. The highest BCUT2D eigenvalue weighted by molar-refractivity contribution is 6.31. The van der Waals surface area contributed by atoms with Crippen LogP contribution in [0.2, 0.25) is 5.02 Å². The first kappa shape index (κ1) is 29.7. The summed E-state index contributed by atoms with van der Waals surface area (Å²) in [6.07, 6.45) is 1.65. The lowest BCUT2D eigenvalue weighted by atomic mass is 9.80. The molecule has 0 bridgehead atoms. The minimum absolute atomic E-state index is 0.155. The van der Waals surface area contributed by atoms with Crippen LogP contribution in [0, 0.1) is 5.41 Å². The van der Waals surface area contributed by atoms with Gasteiger partial charge >= 0.3 is 0 Å². The monoisotopic (exact) mass is 540 g/mol. The molecule has 206 valence electrons. The number of likely N-dealkylation sites (N-methyl/N-ethyl adjacent to an activating group) is 1. The second-order valence-electron chi connectivity index (χ2n) is 11.2. The fraction of sp³-hybridized carbons (Fsp3) is 0.500. The molecule has 0 saturated heterocycles. The molecule has 0 aliphatic carbocycles. The summed E-state index contributed by atoms with van der Waals surface area (Å²) in [5.74, 6) is 0.628. The second kappa shape index (κ2) is 12.3. The van der Waals surface area contributed by atoms with Gasteiger partial charge in [-0.3, -0.25) is 9.59 Å². The highest BCUT2D eigenvalue weighted by atomic mass is 35.5. The van der Waals surface area contributed by atoms with E-state index in [9.17, 15) is 9.59 Å². The molecule has 1 heterocycles. The fourth-order valence-corrected chi connectivity index (χ4v) is 5.12. The van der Waals surface area contributed by atoms with Gasteiger partial charge in [-0.15, -0.1) is 0 Å². The Kier molecular flexibility index (Phi) is 9.60. The molecule has 0 radical (unpaired) electrons. The van der Waals surface area contributed by atoms with Crippen molar-refractivity contribution in [3.8, 4) is 0 Å². The lowest BCUT2D eigenvalue weighted by Gasteiger charge is -2.35. The van der Waals surface area contributed by atoms with Crippen LogP contribution < -0.4 is 10.6 Å². The Hall–Kier alpha value is -2.90. The van der Waals surface area contributed by atoms with Gasteiger partial charge in [0.15, 0.2) is 0 Å². The van der Waals surface area contributed by atoms with Crippen molar-refractivity contribution >= 4 is 34.4 Å². The number of nitrogens with one attached hydrogen (secondary N) is 3. The number of hydrogen-bond acceptors (Lipinski definition) is 4. The Morgan fingerprint density at radius 3 is 2.42 bits per heavy atom. The number of rotatable bonds is 11. The summed E-state index contributed by atoms with van der Waals surface area (Å²) in [4.78, 5) is 34.8. The van der Waals surface area contributed by atoms with E-state index < -0.39 is 16.9 Å². The van der Waals surface area contributed by atoms with E-state index >= 15 is 0 Å². The van der Waals surface area contributed by atoms with Crippen LogP contribution in [-0.4, -0.2) is 48.1 Å². The highest BCUT2D eigenvalue weighted by Crippen LogP contribution is 2.32. The summed E-state index contributed by atoms with van der Waals surface area (Å²) in [6, 6.07) is 13.0. The molecule has 0 aliphatic rings. The molecule has 3 rings (SSSR count). The number of hydrogen-bond donors (Lipinski definition) is 3. The maximum atomic E-state index is 13.7. The number of ether oxygens (including phenoxy) is 1. The zero-order valence-electron chi connectivity index (χ0n) is 23.6. The molecule has 0 spiro atoms. The van der Waals surface area contributed by atoms with E-state index in [2.05, 4.69) is 28.6 Å². The molecule has 1 aromatic heterocycles. The number of halogens is 1. The average Bonchev–Trinajstić information content (AvgIpc) is 3.27.